The van der Waals surface area contributed by atoms with Gasteiger partial charge in [0.15, 0.2) is 0 Å². The van der Waals surface area contributed by atoms with Crippen LogP contribution in [0.15, 0.2) is 18.2 Å². The Morgan fingerprint density at radius 2 is 1.93 bits per heavy atom. The van der Waals surface area contributed by atoms with Gasteiger partial charge in [0.2, 0.25) is 5.91 Å². The molecule has 1 aromatic rings. The lowest BCUT2D eigenvalue weighted by molar-refractivity contribution is -0.117. The molecule has 0 bridgehead atoms. The Balaban J connectivity index is 2.73. The molecule has 0 spiro atoms. The highest BCUT2D eigenvalue weighted by atomic mass is 16.2. The van der Waals surface area contributed by atoms with Crippen molar-refractivity contribution in [3.63, 3.8) is 0 Å². The molecule has 0 heterocycles. The highest BCUT2D eigenvalue weighted by Crippen LogP contribution is 2.14. The fraction of sp³-hybridized carbons (Fsp3) is 0.417. The molecule has 1 amide bonds. The summed E-state index contributed by atoms with van der Waals surface area (Å²) in [6.07, 6.45) is 0. The van der Waals surface area contributed by atoms with Crippen LogP contribution in [0.4, 0.5) is 5.69 Å². The van der Waals surface area contributed by atoms with Crippen molar-refractivity contribution >= 4 is 11.6 Å². The van der Waals surface area contributed by atoms with E-state index in [1.54, 1.807) is 7.05 Å². The van der Waals surface area contributed by atoms with E-state index in [1.807, 2.05) is 32.0 Å². The lowest BCUT2D eigenvalue weighted by Crippen LogP contribution is -2.35. The lowest BCUT2D eigenvalue weighted by atomic mass is 10.1. The molecule has 0 saturated heterocycles. The Hall–Kier alpha value is -1.35. The maximum atomic E-state index is 11.6. The number of carbonyl (C=O) groups excluding carboxylic acids is 1. The van der Waals surface area contributed by atoms with Crippen molar-refractivity contribution in [1.29, 1.82) is 0 Å². The lowest BCUT2D eigenvalue weighted by Gasteiger charge is -2.12. The number of likely N-dealkylation sites (N-methyl/N-ethyl adjacent to an activating group) is 1. The number of amides is 1. The van der Waals surface area contributed by atoms with E-state index >= 15 is 0 Å². The summed E-state index contributed by atoms with van der Waals surface area (Å²) in [6.45, 7) is 5.92. The van der Waals surface area contributed by atoms with Gasteiger partial charge in [0.05, 0.1) is 6.04 Å². The third kappa shape index (κ3) is 3.06. The zero-order valence-corrected chi connectivity index (χ0v) is 9.72. The SMILES string of the molecule is CNC(C)C(=O)Nc1ccc(C)c(C)c1. The minimum Gasteiger partial charge on any atom is -0.325 e. The number of hydrogen-bond acceptors (Lipinski definition) is 2. The van der Waals surface area contributed by atoms with Gasteiger partial charge in [-0.2, -0.15) is 0 Å². The van der Waals surface area contributed by atoms with E-state index < -0.39 is 0 Å². The summed E-state index contributed by atoms with van der Waals surface area (Å²) in [7, 11) is 1.77. The Kier molecular flexibility index (Phi) is 3.86. The van der Waals surface area contributed by atoms with Crippen LogP contribution in [0.25, 0.3) is 0 Å². The number of nitrogens with one attached hydrogen (secondary N) is 2. The first-order chi connectivity index (χ1) is 7.04. The normalized spacial score (nSPS) is 12.3. The molecule has 1 unspecified atom stereocenters. The molecular weight excluding hydrogens is 188 g/mol. The average molecular weight is 206 g/mol. The summed E-state index contributed by atoms with van der Waals surface area (Å²) in [5, 5.41) is 5.76. The molecule has 1 atom stereocenters. The van der Waals surface area contributed by atoms with Crippen molar-refractivity contribution in [1.82, 2.24) is 5.32 Å². The first-order valence-electron chi connectivity index (χ1n) is 5.10. The fourth-order valence-corrected chi connectivity index (χ4v) is 1.20. The van der Waals surface area contributed by atoms with Gasteiger partial charge in [-0.05, 0) is 51.1 Å². The number of hydrogen-bond donors (Lipinski definition) is 2. The Morgan fingerprint density at radius 1 is 1.27 bits per heavy atom. The van der Waals surface area contributed by atoms with E-state index in [0.29, 0.717) is 0 Å². The number of rotatable bonds is 3. The topological polar surface area (TPSA) is 41.1 Å². The molecule has 0 saturated carbocycles. The van der Waals surface area contributed by atoms with Crippen LogP contribution in [0.1, 0.15) is 18.1 Å². The maximum Gasteiger partial charge on any atom is 0.241 e. The van der Waals surface area contributed by atoms with Gasteiger partial charge in [0.1, 0.15) is 0 Å². The van der Waals surface area contributed by atoms with E-state index in [1.165, 1.54) is 11.1 Å². The molecule has 1 rings (SSSR count). The molecule has 1 aromatic carbocycles. The quantitative estimate of drug-likeness (QED) is 0.792. The van der Waals surface area contributed by atoms with Crippen molar-refractivity contribution in [2.75, 3.05) is 12.4 Å². The van der Waals surface area contributed by atoms with Crippen LogP contribution in [-0.4, -0.2) is 19.0 Å². The van der Waals surface area contributed by atoms with Gasteiger partial charge in [0.25, 0.3) is 0 Å². The molecule has 82 valence electrons. The molecule has 2 N–H and O–H groups in total. The second-order valence-electron chi connectivity index (χ2n) is 3.80. The third-order valence-electron chi connectivity index (χ3n) is 2.60. The second-order valence-corrected chi connectivity index (χ2v) is 3.80. The summed E-state index contributed by atoms with van der Waals surface area (Å²) in [6, 6.07) is 5.74. The van der Waals surface area contributed by atoms with E-state index in [9.17, 15) is 4.79 Å². The molecular formula is C12H18N2O. The van der Waals surface area contributed by atoms with E-state index in [-0.39, 0.29) is 11.9 Å². The second kappa shape index (κ2) is 4.94. The van der Waals surface area contributed by atoms with Gasteiger partial charge in [-0.15, -0.1) is 0 Å². The predicted octanol–water partition coefficient (Wildman–Crippen LogP) is 1.85. The zero-order chi connectivity index (χ0) is 11.4. The smallest absolute Gasteiger partial charge is 0.241 e. The Labute approximate surface area is 90.9 Å². The van der Waals surface area contributed by atoms with Gasteiger partial charge in [0, 0.05) is 5.69 Å². The third-order valence-corrected chi connectivity index (χ3v) is 2.60. The first-order valence-corrected chi connectivity index (χ1v) is 5.10. The van der Waals surface area contributed by atoms with Gasteiger partial charge < -0.3 is 10.6 Å². The van der Waals surface area contributed by atoms with Crippen LogP contribution in [0.5, 0.6) is 0 Å². The predicted molar refractivity (Wildman–Crippen MR) is 63.1 cm³/mol. The van der Waals surface area contributed by atoms with Gasteiger partial charge in [-0.1, -0.05) is 6.07 Å². The molecule has 0 aliphatic heterocycles. The standard InChI is InChI=1S/C12H18N2O/c1-8-5-6-11(7-9(8)2)14-12(15)10(3)13-4/h5-7,10,13H,1-4H3,(H,14,15). The van der Waals surface area contributed by atoms with Crippen molar-refractivity contribution in [2.24, 2.45) is 0 Å². The zero-order valence-electron chi connectivity index (χ0n) is 9.72. The minimum atomic E-state index is -0.174. The molecule has 15 heavy (non-hydrogen) atoms. The number of carbonyl (C=O) groups is 1. The minimum absolute atomic E-state index is 0.0132. The highest BCUT2D eigenvalue weighted by molar-refractivity contribution is 5.94. The monoisotopic (exact) mass is 206 g/mol. The van der Waals surface area contributed by atoms with Crippen molar-refractivity contribution in [3.05, 3.63) is 29.3 Å². The molecule has 0 fully saturated rings. The summed E-state index contributed by atoms with van der Waals surface area (Å²) in [5.41, 5.74) is 3.27. The largest absolute Gasteiger partial charge is 0.325 e. The van der Waals surface area contributed by atoms with E-state index in [2.05, 4.69) is 17.6 Å². The number of anilines is 1. The van der Waals surface area contributed by atoms with Gasteiger partial charge >= 0.3 is 0 Å². The van der Waals surface area contributed by atoms with Crippen molar-refractivity contribution in [2.45, 2.75) is 26.8 Å². The van der Waals surface area contributed by atoms with Gasteiger partial charge in [-0.25, -0.2) is 0 Å². The van der Waals surface area contributed by atoms with Crippen LogP contribution in [0.2, 0.25) is 0 Å². The van der Waals surface area contributed by atoms with Crippen LogP contribution < -0.4 is 10.6 Å². The molecule has 0 aliphatic rings. The van der Waals surface area contributed by atoms with Crippen LogP contribution >= 0.6 is 0 Å². The number of benzene rings is 1. The summed E-state index contributed by atoms with van der Waals surface area (Å²) < 4.78 is 0. The average Bonchev–Trinajstić information content (AvgIpc) is 2.22. The van der Waals surface area contributed by atoms with Gasteiger partial charge in [-0.3, -0.25) is 4.79 Å². The molecule has 3 nitrogen and oxygen atoms in total. The van der Waals surface area contributed by atoms with Crippen molar-refractivity contribution in [3.8, 4) is 0 Å². The molecule has 3 heteroatoms. The first kappa shape index (κ1) is 11.7. The maximum absolute atomic E-state index is 11.6. The van der Waals surface area contributed by atoms with Crippen molar-refractivity contribution < 1.29 is 4.79 Å². The molecule has 0 radical (unpaired) electrons. The van der Waals surface area contributed by atoms with Crippen LogP contribution in [0.3, 0.4) is 0 Å². The van der Waals surface area contributed by atoms with Crippen LogP contribution in [-0.2, 0) is 4.79 Å². The number of aryl methyl sites for hydroxylation is 2. The Morgan fingerprint density at radius 3 is 2.47 bits per heavy atom. The fourth-order valence-electron chi connectivity index (χ4n) is 1.20. The van der Waals surface area contributed by atoms with Crippen LogP contribution in [0, 0.1) is 13.8 Å². The summed E-state index contributed by atoms with van der Waals surface area (Å²) >= 11 is 0. The highest BCUT2D eigenvalue weighted by Gasteiger charge is 2.09. The summed E-state index contributed by atoms with van der Waals surface area (Å²) in [4.78, 5) is 11.6. The van der Waals surface area contributed by atoms with E-state index in [4.69, 9.17) is 0 Å². The molecule has 0 aromatic heterocycles. The molecule has 0 aliphatic carbocycles. The summed E-state index contributed by atoms with van der Waals surface area (Å²) in [5.74, 6) is -0.0132. The van der Waals surface area contributed by atoms with E-state index in [0.717, 1.165) is 5.69 Å². The Bertz CT molecular complexity index is 361.